The Morgan fingerprint density at radius 2 is 1.12 bits per heavy atom. The molecule has 0 spiro atoms. The summed E-state index contributed by atoms with van der Waals surface area (Å²) in [6, 6.07) is 20.5. The van der Waals surface area contributed by atoms with Gasteiger partial charge in [-0.15, -0.1) is 0 Å². The van der Waals surface area contributed by atoms with Crippen molar-refractivity contribution in [1.82, 2.24) is 5.32 Å². The summed E-state index contributed by atoms with van der Waals surface area (Å²) in [5, 5.41) is 2.52. The van der Waals surface area contributed by atoms with E-state index in [0.29, 0.717) is 0 Å². The van der Waals surface area contributed by atoms with E-state index in [0.717, 1.165) is 16.7 Å². The fourth-order valence-corrected chi connectivity index (χ4v) is 4.73. The third kappa shape index (κ3) is 1.99. The molecule has 1 saturated carbocycles. The van der Waals surface area contributed by atoms with Crippen LogP contribution in [0.2, 0.25) is 0 Å². The van der Waals surface area contributed by atoms with Gasteiger partial charge in [-0.05, 0) is 22.3 Å². The molecule has 4 atom stereocenters. The van der Waals surface area contributed by atoms with Crippen molar-refractivity contribution in [3.63, 3.8) is 0 Å². The fourth-order valence-electron chi connectivity index (χ4n) is 4.73. The standard InChI is InChI=1S/C22H17NO2/c24-21-19-15-11-12-16(20(19)22(25)23-21)18(15)17(13-7-3-1-4-8-13)14-9-5-2-6-10-14/h1-12,15-16,19-20H,(H,23,24,25)/t15-,16+,19?,20?. The number of hydrogen-bond donors (Lipinski definition) is 1. The Morgan fingerprint density at radius 1 is 0.680 bits per heavy atom. The van der Waals surface area contributed by atoms with Gasteiger partial charge in [0.1, 0.15) is 0 Å². The van der Waals surface area contributed by atoms with Crippen LogP contribution >= 0.6 is 0 Å². The van der Waals surface area contributed by atoms with Crippen molar-refractivity contribution in [2.75, 3.05) is 0 Å². The average Bonchev–Trinajstić information content (AvgIpc) is 3.29. The number of nitrogens with one attached hydrogen (secondary N) is 1. The maximum absolute atomic E-state index is 12.3. The first-order valence-corrected chi connectivity index (χ1v) is 8.63. The van der Waals surface area contributed by atoms with Crippen molar-refractivity contribution in [2.24, 2.45) is 23.7 Å². The molecule has 3 heteroatoms. The van der Waals surface area contributed by atoms with Crippen LogP contribution in [0.3, 0.4) is 0 Å². The Morgan fingerprint density at radius 3 is 1.56 bits per heavy atom. The van der Waals surface area contributed by atoms with Gasteiger partial charge in [-0.2, -0.15) is 0 Å². The minimum atomic E-state index is -0.250. The van der Waals surface area contributed by atoms with Crippen molar-refractivity contribution in [1.29, 1.82) is 0 Å². The predicted molar refractivity (Wildman–Crippen MR) is 95.2 cm³/mol. The fraction of sp³-hybridized carbons (Fsp3) is 0.182. The molecule has 0 aromatic heterocycles. The van der Waals surface area contributed by atoms with Crippen LogP contribution in [-0.4, -0.2) is 11.8 Å². The summed E-state index contributed by atoms with van der Waals surface area (Å²) in [4.78, 5) is 24.6. The molecule has 1 saturated heterocycles. The highest BCUT2D eigenvalue weighted by Crippen LogP contribution is 2.56. The first-order valence-electron chi connectivity index (χ1n) is 8.63. The second-order valence-corrected chi connectivity index (χ2v) is 6.90. The number of imide groups is 1. The van der Waals surface area contributed by atoms with E-state index >= 15 is 0 Å². The number of amides is 2. The van der Waals surface area contributed by atoms with E-state index in [4.69, 9.17) is 0 Å². The van der Waals surface area contributed by atoms with E-state index in [-0.39, 0.29) is 35.5 Å². The highest BCUT2D eigenvalue weighted by atomic mass is 16.2. The summed E-state index contributed by atoms with van der Waals surface area (Å²) in [5.74, 6) is -0.719. The van der Waals surface area contributed by atoms with Gasteiger partial charge in [0.05, 0.1) is 11.8 Å². The number of carbonyl (C=O) groups excluding carboxylic acids is 2. The highest BCUT2D eigenvalue weighted by Gasteiger charge is 2.59. The molecule has 2 fully saturated rings. The maximum atomic E-state index is 12.3. The number of fused-ring (bicyclic) bond motifs is 5. The van der Waals surface area contributed by atoms with Crippen LogP contribution in [0.1, 0.15) is 11.1 Å². The van der Waals surface area contributed by atoms with Crippen LogP contribution < -0.4 is 5.32 Å². The predicted octanol–water partition coefficient (Wildman–Crippen LogP) is 3.19. The van der Waals surface area contributed by atoms with E-state index in [1.165, 1.54) is 5.57 Å². The van der Waals surface area contributed by atoms with E-state index in [1.54, 1.807) is 0 Å². The largest absolute Gasteiger partial charge is 0.296 e. The molecule has 2 unspecified atom stereocenters. The van der Waals surface area contributed by atoms with Gasteiger partial charge in [0.25, 0.3) is 0 Å². The molecule has 2 aliphatic carbocycles. The molecule has 2 bridgehead atoms. The number of carbonyl (C=O) groups is 2. The van der Waals surface area contributed by atoms with Crippen LogP contribution in [0.5, 0.6) is 0 Å². The van der Waals surface area contributed by atoms with Gasteiger partial charge in [0, 0.05) is 11.8 Å². The van der Waals surface area contributed by atoms with Crippen LogP contribution in [0.25, 0.3) is 5.57 Å². The molecule has 1 heterocycles. The number of benzene rings is 2. The molecule has 2 amide bonds. The van der Waals surface area contributed by atoms with Crippen molar-refractivity contribution < 1.29 is 9.59 Å². The molecule has 2 aromatic carbocycles. The lowest BCUT2D eigenvalue weighted by molar-refractivity contribution is -0.126. The summed E-state index contributed by atoms with van der Waals surface area (Å²) in [5.41, 5.74) is 4.65. The SMILES string of the molecule is O=C1NC(=O)C2C1[C@@H]1C=C[C@H]2C1=C(c1ccccc1)c1ccccc1. The maximum Gasteiger partial charge on any atom is 0.231 e. The molecule has 3 aliphatic rings. The van der Waals surface area contributed by atoms with Crippen molar-refractivity contribution in [2.45, 2.75) is 0 Å². The van der Waals surface area contributed by atoms with Gasteiger partial charge in [-0.1, -0.05) is 72.8 Å². The number of hydrogen-bond acceptors (Lipinski definition) is 2. The lowest BCUT2D eigenvalue weighted by Crippen LogP contribution is -2.26. The molecular weight excluding hydrogens is 310 g/mol. The summed E-state index contributed by atoms with van der Waals surface area (Å²) >= 11 is 0. The molecule has 2 aromatic rings. The Kier molecular flexibility index (Phi) is 3.04. The number of allylic oxidation sites excluding steroid dienone is 3. The smallest absolute Gasteiger partial charge is 0.231 e. The molecule has 1 aliphatic heterocycles. The Labute approximate surface area is 146 Å². The highest BCUT2D eigenvalue weighted by molar-refractivity contribution is 6.08. The second kappa shape index (κ2) is 5.28. The topological polar surface area (TPSA) is 46.2 Å². The van der Waals surface area contributed by atoms with Gasteiger partial charge in [-0.3, -0.25) is 14.9 Å². The van der Waals surface area contributed by atoms with Crippen molar-refractivity contribution in [3.05, 3.63) is 89.5 Å². The average molecular weight is 327 g/mol. The zero-order valence-corrected chi connectivity index (χ0v) is 13.6. The number of rotatable bonds is 2. The van der Waals surface area contributed by atoms with Gasteiger partial charge in [0.2, 0.25) is 11.8 Å². The van der Waals surface area contributed by atoms with Gasteiger partial charge in [-0.25, -0.2) is 0 Å². The summed E-state index contributed by atoms with van der Waals surface area (Å²) in [6.07, 6.45) is 4.23. The molecular formula is C22H17NO2. The summed E-state index contributed by atoms with van der Waals surface area (Å²) in [6.45, 7) is 0. The third-order valence-corrected chi connectivity index (χ3v) is 5.67. The van der Waals surface area contributed by atoms with E-state index in [2.05, 4.69) is 41.7 Å². The third-order valence-electron chi connectivity index (χ3n) is 5.67. The van der Waals surface area contributed by atoms with Gasteiger partial charge in [0.15, 0.2) is 0 Å². The van der Waals surface area contributed by atoms with Crippen LogP contribution in [0, 0.1) is 23.7 Å². The van der Waals surface area contributed by atoms with E-state index in [9.17, 15) is 9.59 Å². The molecule has 1 N–H and O–H groups in total. The minimum absolute atomic E-state index is 0.0110. The molecule has 25 heavy (non-hydrogen) atoms. The van der Waals surface area contributed by atoms with E-state index in [1.807, 2.05) is 36.4 Å². The lowest BCUT2D eigenvalue weighted by Gasteiger charge is -2.18. The lowest BCUT2D eigenvalue weighted by atomic mass is 9.85. The van der Waals surface area contributed by atoms with Crippen LogP contribution in [0.15, 0.2) is 78.4 Å². The summed E-state index contributed by atoms with van der Waals surface area (Å²) < 4.78 is 0. The van der Waals surface area contributed by atoms with Crippen molar-refractivity contribution in [3.8, 4) is 0 Å². The Bertz CT molecular complexity index is 854. The quantitative estimate of drug-likeness (QED) is 0.680. The van der Waals surface area contributed by atoms with Crippen molar-refractivity contribution >= 4 is 17.4 Å². The Hall–Kier alpha value is -2.94. The molecule has 0 radical (unpaired) electrons. The zero-order chi connectivity index (χ0) is 17.0. The zero-order valence-electron chi connectivity index (χ0n) is 13.6. The minimum Gasteiger partial charge on any atom is -0.296 e. The van der Waals surface area contributed by atoms with E-state index < -0.39 is 0 Å². The van der Waals surface area contributed by atoms with Crippen LogP contribution in [-0.2, 0) is 9.59 Å². The van der Waals surface area contributed by atoms with Gasteiger partial charge >= 0.3 is 0 Å². The summed E-state index contributed by atoms with van der Waals surface area (Å²) in [7, 11) is 0. The van der Waals surface area contributed by atoms with Gasteiger partial charge < -0.3 is 0 Å². The Balaban J connectivity index is 1.75. The normalized spacial score (nSPS) is 29.0. The first-order chi connectivity index (χ1) is 12.3. The molecule has 122 valence electrons. The first kappa shape index (κ1) is 14.4. The monoisotopic (exact) mass is 327 g/mol. The second-order valence-electron chi connectivity index (χ2n) is 6.90. The van der Waals surface area contributed by atoms with Crippen LogP contribution in [0.4, 0.5) is 0 Å². The molecule has 5 rings (SSSR count). The molecule has 3 nitrogen and oxygen atoms in total.